The number of pyridine rings is 1. The van der Waals surface area contributed by atoms with Crippen molar-refractivity contribution in [2.75, 3.05) is 7.11 Å². The maximum absolute atomic E-state index is 6.21. The smallest absolute Gasteiger partial charge is 0.212 e. The predicted molar refractivity (Wildman–Crippen MR) is 110 cm³/mol. The van der Waals surface area contributed by atoms with E-state index in [1.807, 2.05) is 42.5 Å². The van der Waals surface area contributed by atoms with Crippen LogP contribution in [0, 0.1) is 0 Å². The summed E-state index contributed by atoms with van der Waals surface area (Å²) in [6, 6.07) is 22.1. The molecule has 0 bridgehead atoms. The average Bonchev–Trinajstić information content (AvgIpc) is 3.17. The SMILES string of the molecule is COc1ccc(-c2ccc(/C=C/c3ccc4ccccc4[n+]3C)o2)cc1Cl.[I-]. The van der Waals surface area contributed by atoms with Crippen LogP contribution in [0.15, 0.2) is 71.1 Å². The van der Waals surface area contributed by atoms with Gasteiger partial charge >= 0.3 is 0 Å². The second-order valence-electron chi connectivity index (χ2n) is 6.26. The molecule has 0 radical (unpaired) electrons. The molecule has 4 rings (SSSR count). The van der Waals surface area contributed by atoms with Crippen molar-refractivity contribution >= 4 is 34.7 Å². The summed E-state index contributed by atoms with van der Waals surface area (Å²) in [6.45, 7) is 0. The summed E-state index contributed by atoms with van der Waals surface area (Å²) >= 11 is 6.21. The lowest BCUT2D eigenvalue weighted by Gasteiger charge is -2.04. The number of aromatic nitrogens is 1. The maximum Gasteiger partial charge on any atom is 0.212 e. The van der Waals surface area contributed by atoms with Crippen molar-refractivity contribution in [2.45, 2.75) is 0 Å². The molecule has 5 heteroatoms. The number of ether oxygens (including phenoxy) is 1. The molecule has 4 aromatic rings. The van der Waals surface area contributed by atoms with Gasteiger partial charge in [0.15, 0.2) is 0 Å². The van der Waals surface area contributed by atoms with Gasteiger partial charge in [-0.1, -0.05) is 23.7 Å². The van der Waals surface area contributed by atoms with E-state index in [0.29, 0.717) is 10.8 Å². The highest BCUT2D eigenvalue weighted by atomic mass is 127. The predicted octanol–water partition coefficient (Wildman–Crippen LogP) is 2.76. The van der Waals surface area contributed by atoms with Gasteiger partial charge in [0, 0.05) is 29.2 Å². The van der Waals surface area contributed by atoms with Gasteiger partial charge in [0.05, 0.1) is 12.1 Å². The van der Waals surface area contributed by atoms with E-state index in [1.54, 1.807) is 7.11 Å². The van der Waals surface area contributed by atoms with Gasteiger partial charge in [-0.2, -0.15) is 4.57 Å². The van der Waals surface area contributed by atoms with Crippen LogP contribution in [0.25, 0.3) is 34.4 Å². The summed E-state index contributed by atoms with van der Waals surface area (Å²) in [5, 5.41) is 1.78. The molecule has 0 unspecified atom stereocenters. The zero-order valence-corrected chi connectivity index (χ0v) is 18.4. The summed E-state index contributed by atoms with van der Waals surface area (Å²) in [5.74, 6) is 2.20. The van der Waals surface area contributed by atoms with E-state index in [1.165, 1.54) is 10.9 Å². The number of aryl methyl sites for hydroxylation is 1. The number of hydrogen-bond acceptors (Lipinski definition) is 2. The number of rotatable bonds is 4. The normalized spacial score (nSPS) is 11.0. The van der Waals surface area contributed by atoms with Gasteiger partial charge in [0.1, 0.15) is 24.3 Å². The van der Waals surface area contributed by atoms with Crippen LogP contribution in [0.1, 0.15) is 11.5 Å². The van der Waals surface area contributed by atoms with Crippen LogP contribution < -0.4 is 33.3 Å². The summed E-state index contributed by atoms with van der Waals surface area (Å²) < 4.78 is 13.3. The number of fused-ring (bicyclic) bond motifs is 1. The molecule has 28 heavy (non-hydrogen) atoms. The molecule has 0 amide bonds. The molecule has 2 aromatic heterocycles. The quantitative estimate of drug-likeness (QED) is 0.316. The average molecular weight is 504 g/mol. The van der Waals surface area contributed by atoms with Crippen molar-refractivity contribution in [2.24, 2.45) is 7.05 Å². The molecule has 0 atom stereocenters. The summed E-state index contributed by atoms with van der Waals surface area (Å²) in [7, 11) is 3.67. The summed E-state index contributed by atoms with van der Waals surface area (Å²) in [4.78, 5) is 0. The molecule has 142 valence electrons. The van der Waals surface area contributed by atoms with Crippen molar-refractivity contribution in [1.29, 1.82) is 0 Å². The lowest BCUT2D eigenvalue weighted by Crippen LogP contribution is -3.00. The summed E-state index contributed by atoms with van der Waals surface area (Å²) in [5.41, 5.74) is 3.20. The number of benzene rings is 2. The van der Waals surface area contributed by atoms with E-state index in [-0.39, 0.29) is 24.0 Å². The molecular weight excluding hydrogens is 485 g/mol. The van der Waals surface area contributed by atoms with E-state index < -0.39 is 0 Å². The molecule has 0 spiro atoms. The van der Waals surface area contributed by atoms with Crippen molar-refractivity contribution in [3.63, 3.8) is 0 Å². The Bertz CT molecular complexity index is 1150. The van der Waals surface area contributed by atoms with Crippen LogP contribution in [-0.2, 0) is 7.05 Å². The molecule has 2 aromatic carbocycles. The number of halogens is 2. The highest BCUT2D eigenvalue weighted by Crippen LogP contribution is 2.31. The highest BCUT2D eigenvalue weighted by Gasteiger charge is 2.10. The molecule has 0 aliphatic heterocycles. The fraction of sp³-hybridized carbons (Fsp3) is 0.0870. The van der Waals surface area contributed by atoms with Gasteiger partial charge in [-0.25, -0.2) is 0 Å². The highest BCUT2D eigenvalue weighted by molar-refractivity contribution is 6.32. The Hall–Kier alpha value is -2.31. The fourth-order valence-corrected chi connectivity index (χ4v) is 3.37. The standard InChI is InChI=1S/C23H19ClNO2.HI/c1-25-18(9-7-16-5-3-4-6-21(16)25)10-11-19-12-14-22(27-19)17-8-13-23(26-2)20(24)15-17;/h3-15H,1-2H3;1H/q+1;/p-1/b11-10+;. The Kier molecular flexibility index (Phi) is 6.42. The minimum Gasteiger partial charge on any atom is -1.00 e. The van der Waals surface area contributed by atoms with E-state index in [2.05, 4.69) is 48.0 Å². The van der Waals surface area contributed by atoms with E-state index in [4.69, 9.17) is 20.8 Å². The minimum atomic E-state index is 0. The minimum absolute atomic E-state index is 0. The van der Waals surface area contributed by atoms with Gasteiger partial charge in [-0.3, -0.25) is 0 Å². The first-order chi connectivity index (χ1) is 13.2. The number of furan rings is 1. The Balaban J connectivity index is 0.00000225. The van der Waals surface area contributed by atoms with Crippen LogP contribution in [-0.4, -0.2) is 7.11 Å². The summed E-state index contributed by atoms with van der Waals surface area (Å²) in [6.07, 6.45) is 4.02. The van der Waals surface area contributed by atoms with E-state index in [9.17, 15) is 0 Å². The maximum atomic E-state index is 6.21. The van der Waals surface area contributed by atoms with Crippen molar-refractivity contribution in [1.82, 2.24) is 0 Å². The van der Waals surface area contributed by atoms with Gasteiger partial charge < -0.3 is 33.1 Å². The van der Waals surface area contributed by atoms with Crippen LogP contribution in [0.2, 0.25) is 5.02 Å². The topological polar surface area (TPSA) is 26.2 Å². The molecule has 0 fully saturated rings. The van der Waals surface area contributed by atoms with E-state index >= 15 is 0 Å². The van der Waals surface area contributed by atoms with E-state index in [0.717, 1.165) is 22.8 Å². The van der Waals surface area contributed by atoms with Gasteiger partial charge in [-0.15, -0.1) is 0 Å². The third-order valence-corrected chi connectivity index (χ3v) is 4.90. The molecule has 0 aliphatic carbocycles. The Morgan fingerprint density at radius 3 is 2.57 bits per heavy atom. The molecule has 0 aliphatic rings. The fourth-order valence-electron chi connectivity index (χ4n) is 3.11. The monoisotopic (exact) mass is 503 g/mol. The zero-order chi connectivity index (χ0) is 18.8. The third kappa shape index (κ3) is 4.08. The number of methoxy groups -OCH3 is 1. The third-order valence-electron chi connectivity index (χ3n) is 4.60. The Morgan fingerprint density at radius 2 is 1.79 bits per heavy atom. The van der Waals surface area contributed by atoms with Gasteiger partial charge in [0.25, 0.3) is 0 Å². The molecule has 0 N–H and O–H groups in total. The van der Waals surface area contributed by atoms with Crippen molar-refractivity contribution < 1.29 is 37.7 Å². The van der Waals surface area contributed by atoms with Crippen LogP contribution in [0.3, 0.4) is 0 Å². The zero-order valence-electron chi connectivity index (χ0n) is 15.5. The Labute approximate surface area is 186 Å². The molecule has 2 heterocycles. The lowest BCUT2D eigenvalue weighted by molar-refractivity contribution is -0.646. The van der Waals surface area contributed by atoms with Crippen LogP contribution >= 0.6 is 11.6 Å². The van der Waals surface area contributed by atoms with Gasteiger partial charge in [0.2, 0.25) is 11.2 Å². The largest absolute Gasteiger partial charge is 1.00 e. The van der Waals surface area contributed by atoms with Crippen molar-refractivity contribution in [3.8, 4) is 17.1 Å². The first-order valence-electron chi connectivity index (χ1n) is 8.65. The second kappa shape index (κ2) is 8.80. The molecular formula is C23H19ClINO2. The van der Waals surface area contributed by atoms with Gasteiger partial charge in [-0.05, 0) is 48.5 Å². The number of para-hydroxylation sites is 1. The lowest BCUT2D eigenvalue weighted by atomic mass is 10.1. The molecule has 0 saturated carbocycles. The Morgan fingerprint density at radius 1 is 0.964 bits per heavy atom. The second-order valence-corrected chi connectivity index (χ2v) is 6.67. The number of nitrogens with zero attached hydrogens (tertiary/aromatic N) is 1. The molecule has 0 saturated heterocycles. The first-order valence-corrected chi connectivity index (χ1v) is 9.03. The van der Waals surface area contributed by atoms with Crippen LogP contribution in [0.4, 0.5) is 0 Å². The first kappa shape index (κ1) is 20.4. The van der Waals surface area contributed by atoms with Crippen LogP contribution in [0.5, 0.6) is 5.75 Å². The number of hydrogen-bond donors (Lipinski definition) is 0. The molecule has 3 nitrogen and oxygen atoms in total. The van der Waals surface area contributed by atoms with Crippen molar-refractivity contribution in [3.05, 3.63) is 83.2 Å².